The van der Waals surface area contributed by atoms with Gasteiger partial charge in [-0.1, -0.05) is 182 Å². The smallest absolute Gasteiger partial charge is 0.308 e. The monoisotopic (exact) mass is 973 g/mol. The molecule has 0 aliphatic rings. The van der Waals surface area contributed by atoms with Gasteiger partial charge in [-0.05, 0) is 70.8 Å². The Labute approximate surface area is 429 Å². The maximum atomic E-state index is 16.0. The maximum Gasteiger partial charge on any atom is 0.416 e. The summed E-state index contributed by atoms with van der Waals surface area (Å²) in [5.41, 5.74) is 10.0. The molecule has 10 heteroatoms. The van der Waals surface area contributed by atoms with Crippen molar-refractivity contribution in [3.05, 3.63) is 253 Å². The van der Waals surface area contributed by atoms with Crippen molar-refractivity contribution in [1.29, 1.82) is 5.26 Å². The van der Waals surface area contributed by atoms with Gasteiger partial charge in [0.2, 0.25) is 0 Å². The van der Waals surface area contributed by atoms with Crippen LogP contribution in [0.3, 0.4) is 0 Å². The predicted molar refractivity (Wildman–Crippen MR) is 291 cm³/mol. The van der Waals surface area contributed by atoms with Crippen molar-refractivity contribution in [2.75, 3.05) is 0 Å². The van der Waals surface area contributed by atoms with Gasteiger partial charge < -0.3 is 4.57 Å². The van der Waals surface area contributed by atoms with E-state index in [2.05, 4.69) is 10.9 Å². The van der Waals surface area contributed by atoms with Gasteiger partial charge in [0.25, 0.3) is 0 Å². The number of alkyl halides is 3. The van der Waals surface area contributed by atoms with E-state index in [0.29, 0.717) is 56.4 Å². The van der Waals surface area contributed by atoms with Gasteiger partial charge in [0, 0.05) is 44.2 Å². The van der Waals surface area contributed by atoms with Gasteiger partial charge >= 0.3 is 6.18 Å². The van der Waals surface area contributed by atoms with E-state index in [9.17, 15) is 5.26 Å². The molecule has 9 aromatic carbocycles. The molecular weight excluding hydrogens is 936 g/mol. The fourth-order valence-electron chi connectivity index (χ4n) is 9.63. The molecule has 0 radical (unpaired) electrons. The molecule has 12 aromatic rings. The first-order valence-corrected chi connectivity index (χ1v) is 24.0. The molecular formula is C65H38F3N7. The summed E-state index contributed by atoms with van der Waals surface area (Å²) in [6.45, 7) is 7.61. The lowest BCUT2D eigenvalue weighted by atomic mass is 9.96. The molecule has 0 spiro atoms. The molecule has 0 saturated carbocycles. The summed E-state index contributed by atoms with van der Waals surface area (Å²) in [6, 6.07) is 72.9. The van der Waals surface area contributed by atoms with E-state index in [1.165, 1.54) is 6.07 Å². The molecule has 0 aliphatic heterocycles. The van der Waals surface area contributed by atoms with Crippen molar-refractivity contribution in [2.45, 2.75) is 6.18 Å². The number of fused-ring (bicyclic) bond motifs is 3. The molecule has 0 aliphatic carbocycles. The van der Waals surface area contributed by atoms with Crippen LogP contribution in [0.4, 0.5) is 18.9 Å². The minimum absolute atomic E-state index is 0.0577. The van der Waals surface area contributed by atoms with Gasteiger partial charge in [-0.15, -0.1) is 0 Å². The summed E-state index contributed by atoms with van der Waals surface area (Å²) in [6.07, 6.45) is -4.84. The van der Waals surface area contributed by atoms with Crippen LogP contribution in [-0.4, -0.2) is 24.5 Å². The predicted octanol–water partition coefficient (Wildman–Crippen LogP) is 17.1. The Morgan fingerprint density at radius 3 is 1.29 bits per heavy atom. The Balaban J connectivity index is 1.27. The van der Waals surface area contributed by atoms with Crippen LogP contribution in [0.15, 0.2) is 231 Å². The van der Waals surface area contributed by atoms with Crippen molar-refractivity contribution in [1.82, 2.24) is 24.5 Å². The summed E-state index contributed by atoms with van der Waals surface area (Å²) in [5.74, 6) is 0.378. The zero-order chi connectivity index (χ0) is 51.0. The maximum absolute atomic E-state index is 16.0. The first-order chi connectivity index (χ1) is 36.7. The third-order valence-electron chi connectivity index (χ3n) is 13.3. The Kier molecular flexibility index (Phi) is 11.6. The summed E-state index contributed by atoms with van der Waals surface area (Å²) in [5, 5.41) is 11.4. The lowest BCUT2D eigenvalue weighted by Gasteiger charge is -2.22. The van der Waals surface area contributed by atoms with Gasteiger partial charge in [0.15, 0.2) is 17.3 Å². The number of hydrogen-bond donors (Lipinski definition) is 0. The Morgan fingerprint density at radius 1 is 0.413 bits per heavy atom. The average Bonchev–Trinajstić information content (AvgIpc) is 3.81. The lowest BCUT2D eigenvalue weighted by Crippen LogP contribution is -2.11. The van der Waals surface area contributed by atoms with Gasteiger partial charge in [-0.25, -0.2) is 24.8 Å². The fourth-order valence-corrected chi connectivity index (χ4v) is 9.63. The minimum atomic E-state index is -4.84. The summed E-state index contributed by atoms with van der Waals surface area (Å²) in [7, 11) is 0. The normalized spacial score (nSPS) is 11.4. The number of aromatic nitrogens is 5. The van der Waals surface area contributed by atoms with Crippen LogP contribution >= 0.6 is 0 Å². The van der Waals surface area contributed by atoms with Crippen LogP contribution in [0.5, 0.6) is 0 Å². The number of hydrogen-bond acceptors (Lipinski definition) is 5. The summed E-state index contributed by atoms with van der Waals surface area (Å²) in [4.78, 5) is 24.3. The second kappa shape index (κ2) is 19.0. The largest absolute Gasteiger partial charge is 0.416 e. The highest BCUT2D eigenvalue weighted by Gasteiger charge is 2.35. The number of nitrogens with zero attached hydrogens (tertiary/aromatic N) is 7. The van der Waals surface area contributed by atoms with E-state index in [1.807, 2.05) is 193 Å². The van der Waals surface area contributed by atoms with E-state index < -0.39 is 11.7 Å². The molecule has 0 unspecified atom stereocenters. The van der Waals surface area contributed by atoms with E-state index >= 15 is 13.2 Å². The van der Waals surface area contributed by atoms with Crippen LogP contribution in [-0.2, 0) is 6.18 Å². The molecule has 0 saturated heterocycles. The highest BCUT2D eigenvalue weighted by Crippen LogP contribution is 2.46. The Hall–Kier alpha value is -10.3. The SMILES string of the molecule is [C-]#[N+]c1ccc(-c2ccc3c4ccc(-c5ccc(C#N)cc5)cc4n(-c4c(-c5cc(-c6ccccc6)nc(-c6ccccc6)n5)cc(C(F)(F)F)cc4-c4nc(-c5ccccc5)cc(-c5ccccc5)n4)c3c2)cc1. The lowest BCUT2D eigenvalue weighted by molar-refractivity contribution is -0.137. The molecule has 12 rings (SSSR count). The van der Waals surface area contributed by atoms with E-state index in [0.717, 1.165) is 55.8 Å². The first kappa shape index (κ1) is 45.8. The highest BCUT2D eigenvalue weighted by molar-refractivity contribution is 6.12. The van der Waals surface area contributed by atoms with Crippen LogP contribution in [0.2, 0.25) is 0 Å². The third-order valence-corrected chi connectivity index (χ3v) is 13.3. The Morgan fingerprint density at radius 2 is 0.827 bits per heavy atom. The molecule has 7 nitrogen and oxygen atoms in total. The topological polar surface area (TPSA) is 84.6 Å². The van der Waals surface area contributed by atoms with Crippen molar-refractivity contribution >= 4 is 27.5 Å². The van der Waals surface area contributed by atoms with E-state index in [1.54, 1.807) is 30.3 Å². The van der Waals surface area contributed by atoms with Crippen molar-refractivity contribution in [3.8, 4) is 102 Å². The zero-order valence-corrected chi connectivity index (χ0v) is 39.7. The molecule has 3 aromatic heterocycles. The number of benzene rings is 9. The minimum Gasteiger partial charge on any atom is -0.308 e. The Bertz CT molecular complexity index is 3820. The molecule has 354 valence electrons. The second-order valence-electron chi connectivity index (χ2n) is 18.0. The number of rotatable bonds is 9. The molecule has 0 N–H and O–H groups in total. The quantitative estimate of drug-likeness (QED) is 0.135. The van der Waals surface area contributed by atoms with Crippen LogP contribution in [0.1, 0.15) is 11.1 Å². The van der Waals surface area contributed by atoms with Crippen molar-refractivity contribution < 1.29 is 13.2 Å². The van der Waals surface area contributed by atoms with Crippen LogP contribution < -0.4 is 0 Å². The summed E-state index contributed by atoms with van der Waals surface area (Å²) < 4.78 is 50.0. The van der Waals surface area contributed by atoms with Gasteiger partial charge in [-0.3, -0.25) is 0 Å². The molecule has 75 heavy (non-hydrogen) atoms. The molecule has 3 heterocycles. The first-order valence-electron chi connectivity index (χ1n) is 24.0. The number of halogens is 3. The van der Waals surface area contributed by atoms with E-state index in [4.69, 9.17) is 26.5 Å². The molecule has 0 atom stereocenters. The summed E-state index contributed by atoms with van der Waals surface area (Å²) >= 11 is 0. The zero-order valence-electron chi connectivity index (χ0n) is 39.7. The second-order valence-corrected chi connectivity index (χ2v) is 18.0. The molecule has 0 amide bonds. The van der Waals surface area contributed by atoms with Crippen LogP contribution in [0.25, 0.3) is 122 Å². The van der Waals surface area contributed by atoms with Crippen molar-refractivity contribution in [3.63, 3.8) is 0 Å². The van der Waals surface area contributed by atoms with Crippen molar-refractivity contribution in [2.24, 2.45) is 0 Å². The highest BCUT2D eigenvalue weighted by atomic mass is 19.4. The third kappa shape index (κ3) is 8.84. The standard InChI is InChI=1S/C65H38F3N7/c1-70-51-30-26-43(27-31-51)49-29-33-53-52-32-28-48(42-24-22-41(40-69)23-25-42)34-60(52)75(61(53)35-49)62-54(59-39-58(46-18-10-4-11-19-46)71-63(74-59)47-20-12-5-13-21-47)36-50(65(66,67)68)37-55(62)64-72-56(44-14-6-2-7-15-44)38-57(73-64)45-16-8-3-9-17-45/h2-39H. The molecule has 0 bridgehead atoms. The molecule has 0 fully saturated rings. The number of nitriles is 1. The van der Waals surface area contributed by atoms with Gasteiger partial charge in [0.1, 0.15) is 0 Å². The average molecular weight is 974 g/mol. The fraction of sp³-hybridized carbons (Fsp3) is 0.0154. The van der Waals surface area contributed by atoms with Crippen LogP contribution in [0, 0.1) is 17.9 Å². The van der Waals surface area contributed by atoms with E-state index in [-0.39, 0.29) is 22.6 Å². The van der Waals surface area contributed by atoms with Gasteiger partial charge in [-0.2, -0.15) is 18.4 Å². The van der Waals surface area contributed by atoms with Gasteiger partial charge in [0.05, 0.1) is 63.3 Å².